The second-order valence-corrected chi connectivity index (χ2v) is 5.68. The first-order chi connectivity index (χ1) is 10.0. The second-order valence-electron chi connectivity index (χ2n) is 5.68. The van der Waals surface area contributed by atoms with Gasteiger partial charge >= 0.3 is 5.97 Å². The van der Waals surface area contributed by atoms with Crippen LogP contribution in [0.2, 0.25) is 0 Å². The third-order valence-electron chi connectivity index (χ3n) is 3.71. The van der Waals surface area contributed by atoms with E-state index in [-0.39, 0.29) is 18.5 Å². The summed E-state index contributed by atoms with van der Waals surface area (Å²) in [4.78, 5) is 11.2. The monoisotopic (exact) mass is 296 g/mol. The molecule has 1 saturated carbocycles. The Morgan fingerprint density at radius 1 is 1.29 bits per heavy atom. The van der Waals surface area contributed by atoms with Crippen LogP contribution in [0.3, 0.4) is 0 Å². The Morgan fingerprint density at radius 3 is 2.67 bits per heavy atom. The maximum absolute atomic E-state index is 11.2. The third kappa shape index (κ3) is 4.58. The second kappa shape index (κ2) is 7.09. The van der Waals surface area contributed by atoms with Crippen molar-refractivity contribution in [3.63, 3.8) is 0 Å². The average Bonchev–Trinajstić information content (AvgIpc) is 3.07. The molecule has 0 bridgehead atoms. The fraction of sp³-hybridized carbons (Fsp3) is 0.688. The molecule has 0 aromatic heterocycles. The van der Waals surface area contributed by atoms with Gasteiger partial charge in [-0.3, -0.25) is 0 Å². The van der Waals surface area contributed by atoms with E-state index in [1.165, 1.54) is 0 Å². The highest BCUT2D eigenvalue weighted by molar-refractivity contribution is 5.86. The minimum atomic E-state index is -0.390. The molecule has 118 valence electrons. The lowest BCUT2D eigenvalue weighted by molar-refractivity contribution is -0.166. The van der Waals surface area contributed by atoms with Crippen molar-refractivity contribution in [3.05, 3.63) is 24.5 Å². The van der Waals surface area contributed by atoms with Crippen LogP contribution < -0.4 is 0 Å². The first-order valence-electron chi connectivity index (χ1n) is 7.46. The van der Waals surface area contributed by atoms with Crippen molar-refractivity contribution in [1.29, 1.82) is 0 Å². The van der Waals surface area contributed by atoms with E-state index in [1.54, 1.807) is 6.92 Å². The van der Waals surface area contributed by atoms with Crippen LogP contribution in [0.25, 0.3) is 0 Å². The predicted octanol–water partition coefficient (Wildman–Crippen LogP) is 2.71. The fourth-order valence-corrected chi connectivity index (χ4v) is 2.54. The molecule has 2 rings (SSSR count). The largest absolute Gasteiger partial charge is 0.496 e. The van der Waals surface area contributed by atoms with Gasteiger partial charge in [0.25, 0.3) is 0 Å². The van der Waals surface area contributed by atoms with Crippen LogP contribution in [0.5, 0.6) is 0 Å². The molecule has 0 radical (unpaired) electrons. The highest BCUT2D eigenvalue weighted by Gasteiger charge is 2.43. The predicted molar refractivity (Wildman–Crippen MR) is 77.5 cm³/mol. The summed E-state index contributed by atoms with van der Waals surface area (Å²) in [5, 5.41) is 0. The molecule has 0 N–H and O–H groups in total. The molecule has 1 aliphatic heterocycles. The molecule has 0 aromatic carbocycles. The van der Waals surface area contributed by atoms with E-state index < -0.39 is 5.97 Å². The Bertz CT molecular complexity index is 409. The molecule has 1 atom stereocenters. The van der Waals surface area contributed by atoms with Gasteiger partial charge in [-0.1, -0.05) is 13.2 Å². The number of ether oxygens (including phenoxy) is 4. The van der Waals surface area contributed by atoms with Crippen LogP contribution in [0.4, 0.5) is 0 Å². The summed E-state index contributed by atoms with van der Waals surface area (Å²) in [5.41, 5.74) is 0.389. The minimum Gasteiger partial charge on any atom is -0.496 e. The van der Waals surface area contributed by atoms with Gasteiger partial charge < -0.3 is 18.9 Å². The van der Waals surface area contributed by atoms with Gasteiger partial charge in [0.05, 0.1) is 19.0 Å². The Labute approximate surface area is 125 Å². The van der Waals surface area contributed by atoms with Gasteiger partial charge in [0.2, 0.25) is 0 Å². The smallest absolute Gasteiger partial charge is 0.333 e. The van der Waals surface area contributed by atoms with Gasteiger partial charge in [-0.05, 0) is 19.8 Å². The molecule has 1 aliphatic carbocycles. The lowest BCUT2D eigenvalue weighted by Crippen LogP contribution is -2.27. The highest BCUT2D eigenvalue weighted by atomic mass is 16.8. The van der Waals surface area contributed by atoms with Crippen molar-refractivity contribution >= 4 is 5.97 Å². The van der Waals surface area contributed by atoms with Gasteiger partial charge in [-0.15, -0.1) is 0 Å². The minimum absolute atomic E-state index is 0.0437. The van der Waals surface area contributed by atoms with Crippen molar-refractivity contribution in [2.75, 3.05) is 19.8 Å². The molecule has 2 fully saturated rings. The number of hydrogen-bond acceptors (Lipinski definition) is 5. The zero-order valence-electron chi connectivity index (χ0n) is 12.7. The summed E-state index contributed by atoms with van der Waals surface area (Å²) in [6.45, 7) is 10.2. The molecule has 0 aromatic rings. The normalized spacial score (nSPS) is 23.2. The zero-order valence-corrected chi connectivity index (χ0v) is 12.7. The molecule has 21 heavy (non-hydrogen) atoms. The van der Waals surface area contributed by atoms with Gasteiger partial charge in [-0.2, -0.15) is 0 Å². The van der Waals surface area contributed by atoms with Crippen LogP contribution in [0.15, 0.2) is 24.5 Å². The summed E-state index contributed by atoms with van der Waals surface area (Å²) >= 11 is 0. The van der Waals surface area contributed by atoms with Gasteiger partial charge in [0, 0.05) is 24.8 Å². The molecule has 0 amide bonds. The van der Waals surface area contributed by atoms with Crippen molar-refractivity contribution in [1.82, 2.24) is 0 Å². The Hall–Kier alpha value is -1.33. The lowest BCUT2D eigenvalue weighted by atomic mass is 10.2. The van der Waals surface area contributed by atoms with E-state index >= 15 is 0 Å². The summed E-state index contributed by atoms with van der Waals surface area (Å²) in [5.74, 6) is -0.161. The molecule has 1 heterocycles. The first kappa shape index (κ1) is 16.0. The van der Waals surface area contributed by atoms with Crippen molar-refractivity contribution in [3.8, 4) is 0 Å². The standard InChI is InChI=1S/C16H24O5/c1-12(2)15(17)18-9-6-13(3)19-10-14-11-20-16(21-14)7-4-5-8-16/h14H,1,3-11H2,2H3. The Kier molecular flexibility index (Phi) is 5.42. The van der Waals surface area contributed by atoms with E-state index in [0.29, 0.717) is 31.0 Å². The van der Waals surface area contributed by atoms with Gasteiger partial charge in [-0.25, -0.2) is 4.79 Å². The van der Waals surface area contributed by atoms with Crippen molar-refractivity contribution < 1.29 is 23.7 Å². The molecule has 1 saturated heterocycles. The Morgan fingerprint density at radius 2 is 2.00 bits per heavy atom. The van der Waals surface area contributed by atoms with Crippen LogP contribution in [0.1, 0.15) is 39.0 Å². The van der Waals surface area contributed by atoms with Crippen LogP contribution >= 0.6 is 0 Å². The number of carbonyl (C=O) groups excluding carboxylic acids is 1. The lowest BCUT2D eigenvalue weighted by Gasteiger charge is -2.22. The van der Waals surface area contributed by atoms with Crippen LogP contribution in [-0.2, 0) is 23.7 Å². The summed E-state index contributed by atoms with van der Waals surface area (Å²) in [7, 11) is 0. The molecule has 1 spiro atoms. The van der Waals surface area contributed by atoms with Gasteiger partial charge in [0.15, 0.2) is 5.79 Å². The van der Waals surface area contributed by atoms with Gasteiger partial charge in [0.1, 0.15) is 12.7 Å². The molecule has 2 aliphatic rings. The first-order valence-corrected chi connectivity index (χ1v) is 7.46. The highest BCUT2D eigenvalue weighted by Crippen LogP contribution is 2.39. The van der Waals surface area contributed by atoms with Crippen LogP contribution in [0, 0.1) is 0 Å². The Balaban J connectivity index is 1.59. The van der Waals surface area contributed by atoms with E-state index in [2.05, 4.69) is 13.2 Å². The third-order valence-corrected chi connectivity index (χ3v) is 3.71. The molecular weight excluding hydrogens is 272 g/mol. The summed E-state index contributed by atoms with van der Waals surface area (Å²) < 4.78 is 22.3. The maximum atomic E-state index is 11.2. The number of carbonyl (C=O) groups is 1. The van der Waals surface area contributed by atoms with Crippen LogP contribution in [-0.4, -0.2) is 37.7 Å². The topological polar surface area (TPSA) is 54.0 Å². The average molecular weight is 296 g/mol. The molecular formula is C16H24O5. The number of esters is 1. The van der Waals surface area contributed by atoms with E-state index in [4.69, 9.17) is 18.9 Å². The fourth-order valence-electron chi connectivity index (χ4n) is 2.54. The van der Waals surface area contributed by atoms with E-state index in [1.807, 2.05) is 0 Å². The van der Waals surface area contributed by atoms with Crippen molar-refractivity contribution in [2.45, 2.75) is 50.9 Å². The summed E-state index contributed by atoms with van der Waals surface area (Å²) in [6, 6.07) is 0. The number of rotatable bonds is 7. The SMILES string of the molecule is C=C(CCOC(=O)C(=C)C)OCC1COC2(CCCC2)O1. The van der Waals surface area contributed by atoms with E-state index in [9.17, 15) is 4.79 Å². The quantitative estimate of drug-likeness (QED) is 0.411. The maximum Gasteiger partial charge on any atom is 0.333 e. The van der Waals surface area contributed by atoms with Crippen molar-refractivity contribution in [2.24, 2.45) is 0 Å². The molecule has 5 nitrogen and oxygen atoms in total. The molecule has 1 unspecified atom stereocenters. The summed E-state index contributed by atoms with van der Waals surface area (Å²) in [6.07, 6.45) is 4.70. The molecule has 5 heteroatoms. The van der Waals surface area contributed by atoms with E-state index in [0.717, 1.165) is 25.7 Å². The zero-order chi connectivity index (χ0) is 15.3. The number of hydrogen-bond donors (Lipinski definition) is 0.